The number of aliphatic hydroxyl groups excluding tert-OH is 1. The molecule has 0 aliphatic carbocycles. The second-order valence-electron chi connectivity index (χ2n) is 5.43. The van der Waals surface area contributed by atoms with E-state index in [-0.39, 0.29) is 5.82 Å². The molecule has 1 unspecified atom stereocenters. The van der Waals surface area contributed by atoms with Crippen molar-refractivity contribution in [3.05, 3.63) is 35.1 Å². The molecular formula is C17H27FO. The Morgan fingerprint density at radius 1 is 1.05 bits per heavy atom. The molecule has 0 saturated heterocycles. The van der Waals surface area contributed by atoms with Crippen molar-refractivity contribution in [3.63, 3.8) is 0 Å². The summed E-state index contributed by atoms with van der Waals surface area (Å²) in [6, 6.07) is 4.62. The third-order valence-corrected chi connectivity index (χ3v) is 3.67. The van der Waals surface area contributed by atoms with Crippen LogP contribution in [0.2, 0.25) is 0 Å². The van der Waals surface area contributed by atoms with Crippen molar-refractivity contribution < 1.29 is 9.50 Å². The number of halogens is 1. The van der Waals surface area contributed by atoms with Crippen LogP contribution in [0.5, 0.6) is 0 Å². The average molecular weight is 266 g/mol. The molecular weight excluding hydrogens is 239 g/mol. The van der Waals surface area contributed by atoms with Crippen LogP contribution >= 0.6 is 0 Å². The van der Waals surface area contributed by atoms with E-state index in [4.69, 9.17) is 0 Å². The smallest absolute Gasteiger partial charge is 0.123 e. The standard InChI is InChI=1S/C17H27FO/c1-3-4-5-6-7-8-9-10-17(19)16-12-11-15(18)13-14(16)2/h11-13,17,19H,3-10H2,1-2H3. The summed E-state index contributed by atoms with van der Waals surface area (Å²) in [6.45, 7) is 4.08. The minimum atomic E-state index is -0.448. The lowest BCUT2D eigenvalue weighted by Crippen LogP contribution is -2.00. The van der Waals surface area contributed by atoms with Gasteiger partial charge in [0.15, 0.2) is 0 Å². The molecule has 0 saturated carbocycles. The highest BCUT2D eigenvalue weighted by Crippen LogP contribution is 2.23. The quantitative estimate of drug-likeness (QED) is 0.601. The van der Waals surface area contributed by atoms with Gasteiger partial charge in [0, 0.05) is 0 Å². The molecule has 108 valence electrons. The van der Waals surface area contributed by atoms with Crippen LogP contribution < -0.4 is 0 Å². The number of benzene rings is 1. The monoisotopic (exact) mass is 266 g/mol. The zero-order valence-corrected chi connectivity index (χ0v) is 12.3. The van der Waals surface area contributed by atoms with E-state index >= 15 is 0 Å². The van der Waals surface area contributed by atoms with Crippen LogP contribution in [0.3, 0.4) is 0 Å². The largest absolute Gasteiger partial charge is 0.388 e. The second-order valence-corrected chi connectivity index (χ2v) is 5.43. The van der Waals surface area contributed by atoms with E-state index in [9.17, 15) is 9.50 Å². The number of unbranched alkanes of at least 4 members (excludes halogenated alkanes) is 6. The molecule has 0 aliphatic heterocycles. The molecule has 1 nitrogen and oxygen atoms in total. The maximum Gasteiger partial charge on any atom is 0.123 e. The molecule has 1 aromatic carbocycles. The normalized spacial score (nSPS) is 12.6. The van der Waals surface area contributed by atoms with E-state index in [1.54, 1.807) is 6.07 Å². The zero-order chi connectivity index (χ0) is 14.1. The van der Waals surface area contributed by atoms with Crippen molar-refractivity contribution in [2.45, 2.75) is 71.3 Å². The molecule has 0 spiro atoms. The Morgan fingerprint density at radius 2 is 1.68 bits per heavy atom. The minimum absolute atomic E-state index is 0.232. The predicted octanol–water partition coefficient (Wildman–Crippen LogP) is 5.31. The zero-order valence-electron chi connectivity index (χ0n) is 12.3. The fourth-order valence-corrected chi connectivity index (χ4v) is 2.46. The third-order valence-electron chi connectivity index (χ3n) is 3.67. The SMILES string of the molecule is CCCCCCCCCC(O)c1ccc(F)cc1C. The van der Waals surface area contributed by atoms with Gasteiger partial charge in [-0.3, -0.25) is 0 Å². The Hall–Kier alpha value is -0.890. The summed E-state index contributed by atoms with van der Waals surface area (Å²) in [6.07, 6.45) is 9.06. The molecule has 1 aromatic rings. The van der Waals surface area contributed by atoms with Gasteiger partial charge in [-0.1, -0.05) is 57.9 Å². The Labute approximate surface area is 116 Å². The van der Waals surface area contributed by atoms with E-state index in [2.05, 4.69) is 6.92 Å². The fraction of sp³-hybridized carbons (Fsp3) is 0.647. The summed E-state index contributed by atoms with van der Waals surface area (Å²) in [5.74, 6) is -0.232. The Balaban J connectivity index is 2.22. The average Bonchev–Trinajstić information content (AvgIpc) is 2.37. The van der Waals surface area contributed by atoms with Crippen LogP contribution in [0.15, 0.2) is 18.2 Å². The number of hydrogen-bond donors (Lipinski definition) is 1. The summed E-state index contributed by atoms with van der Waals surface area (Å²) < 4.78 is 13.0. The van der Waals surface area contributed by atoms with Crippen LogP contribution in [-0.2, 0) is 0 Å². The Kier molecular flexibility index (Phi) is 7.73. The van der Waals surface area contributed by atoms with Gasteiger partial charge < -0.3 is 5.11 Å². The molecule has 1 rings (SSSR count). The molecule has 0 amide bonds. The first kappa shape index (κ1) is 16.2. The summed E-state index contributed by atoms with van der Waals surface area (Å²) in [4.78, 5) is 0. The van der Waals surface area contributed by atoms with Crippen LogP contribution in [-0.4, -0.2) is 5.11 Å². The van der Waals surface area contributed by atoms with Gasteiger partial charge >= 0.3 is 0 Å². The third kappa shape index (κ3) is 6.20. The Bertz CT molecular complexity index is 362. The molecule has 0 fully saturated rings. The van der Waals surface area contributed by atoms with Crippen molar-refractivity contribution >= 4 is 0 Å². The Morgan fingerprint density at radius 3 is 2.32 bits per heavy atom. The van der Waals surface area contributed by atoms with Crippen molar-refractivity contribution in [3.8, 4) is 0 Å². The first-order valence-corrected chi connectivity index (χ1v) is 7.59. The molecule has 0 aromatic heterocycles. The van der Waals surface area contributed by atoms with E-state index < -0.39 is 6.10 Å². The summed E-state index contributed by atoms with van der Waals surface area (Å²) in [5, 5.41) is 10.1. The molecule has 1 atom stereocenters. The highest BCUT2D eigenvalue weighted by molar-refractivity contribution is 5.28. The summed E-state index contributed by atoms with van der Waals surface area (Å²) in [7, 11) is 0. The maximum absolute atomic E-state index is 13.0. The van der Waals surface area contributed by atoms with E-state index in [1.807, 2.05) is 6.92 Å². The van der Waals surface area contributed by atoms with Crippen molar-refractivity contribution in [1.29, 1.82) is 0 Å². The van der Waals surface area contributed by atoms with Crippen molar-refractivity contribution in [1.82, 2.24) is 0 Å². The van der Waals surface area contributed by atoms with Gasteiger partial charge in [-0.25, -0.2) is 4.39 Å². The first-order chi connectivity index (χ1) is 9.15. The molecule has 19 heavy (non-hydrogen) atoms. The minimum Gasteiger partial charge on any atom is -0.388 e. The highest BCUT2D eigenvalue weighted by atomic mass is 19.1. The van der Waals surface area contributed by atoms with Crippen LogP contribution in [0.1, 0.15) is 75.5 Å². The number of aliphatic hydroxyl groups is 1. The van der Waals surface area contributed by atoms with E-state index in [0.717, 1.165) is 24.0 Å². The van der Waals surface area contributed by atoms with Crippen LogP contribution in [0.4, 0.5) is 4.39 Å². The van der Waals surface area contributed by atoms with Gasteiger partial charge in [0.05, 0.1) is 6.10 Å². The second kappa shape index (κ2) is 9.08. The van der Waals surface area contributed by atoms with Crippen molar-refractivity contribution in [2.24, 2.45) is 0 Å². The van der Waals surface area contributed by atoms with Gasteiger partial charge in [-0.2, -0.15) is 0 Å². The number of hydrogen-bond acceptors (Lipinski definition) is 1. The van der Waals surface area contributed by atoms with Gasteiger partial charge in [-0.15, -0.1) is 0 Å². The summed E-state index contributed by atoms with van der Waals surface area (Å²) in [5.41, 5.74) is 1.71. The topological polar surface area (TPSA) is 20.2 Å². The maximum atomic E-state index is 13.0. The lowest BCUT2D eigenvalue weighted by atomic mass is 9.98. The van der Waals surface area contributed by atoms with Crippen molar-refractivity contribution in [2.75, 3.05) is 0 Å². The molecule has 2 heteroatoms. The van der Waals surface area contributed by atoms with Gasteiger partial charge in [0.25, 0.3) is 0 Å². The predicted molar refractivity (Wildman–Crippen MR) is 78.7 cm³/mol. The molecule has 0 bridgehead atoms. The fourth-order valence-electron chi connectivity index (χ4n) is 2.46. The van der Waals surface area contributed by atoms with E-state index in [1.165, 1.54) is 50.7 Å². The molecule has 0 radical (unpaired) electrons. The lowest BCUT2D eigenvalue weighted by molar-refractivity contribution is 0.162. The van der Waals surface area contributed by atoms with Crippen LogP contribution in [0.25, 0.3) is 0 Å². The van der Waals surface area contributed by atoms with Gasteiger partial charge in [-0.05, 0) is 36.6 Å². The molecule has 0 aliphatic rings. The lowest BCUT2D eigenvalue weighted by Gasteiger charge is -2.13. The van der Waals surface area contributed by atoms with Gasteiger partial charge in [0.1, 0.15) is 5.82 Å². The molecule has 0 heterocycles. The summed E-state index contributed by atoms with van der Waals surface area (Å²) >= 11 is 0. The first-order valence-electron chi connectivity index (χ1n) is 7.59. The van der Waals surface area contributed by atoms with E-state index in [0.29, 0.717) is 0 Å². The highest BCUT2D eigenvalue weighted by Gasteiger charge is 2.10. The van der Waals surface area contributed by atoms with Gasteiger partial charge in [0.2, 0.25) is 0 Å². The number of rotatable bonds is 9. The van der Waals surface area contributed by atoms with Crippen LogP contribution in [0, 0.1) is 12.7 Å². The molecule has 1 N–H and O–H groups in total. The number of aryl methyl sites for hydroxylation is 1.